The van der Waals surface area contributed by atoms with Crippen LogP contribution >= 0.6 is 0 Å². The third-order valence-corrected chi connectivity index (χ3v) is 7.16. The van der Waals surface area contributed by atoms with E-state index in [4.69, 9.17) is 5.11 Å². The predicted molar refractivity (Wildman–Crippen MR) is 83.1 cm³/mol. The lowest BCUT2D eigenvalue weighted by Crippen LogP contribution is -2.50. The molecule has 3 atom stereocenters. The predicted octanol–water partition coefficient (Wildman–Crippen LogP) is 0.560. The van der Waals surface area contributed by atoms with Crippen molar-refractivity contribution in [2.24, 2.45) is 11.8 Å². The highest BCUT2D eigenvalue weighted by Gasteiger charge is 2.50. The first-order chi connectivity index (χ1) is 10.9. The fourth-order valence-corrected chi connectivity index (χ4v) is 5.49. The molecule has 0 bridgehead atoms. The van der Waals surface area contributed by atoms with Crippen LogP contribution < -0.4 is 4.72 Å². The number of nitrogens with zero attached hydrogens (tertiary/aromatic N) is 1. The van der Waals surface area contributed by atoms with Crippen molar-refractivity contribution in [3.05, 3.63) is 0 Å². The first-order valence-electron chi connectivity index (χ1n) is 8.41. The van der Waals surface area contributed by atoms with Crippen LogP contribution in [-0.4, -0.2) is 54.7 Å². The molecule has 2 aliphatic carbocycles. The van der Waals surface area contributed by atoms with Crippen LogP contribution in [0.4, 0.5) is 0 Å². The normalized spacial score (nSPS) is 32.0. The van der Waals surface area contributed by atoms with Crippen LogP contribution in [0.2, 0.25) is 0 Å². The molecule has 23 heavy (non-hydrogen) atoms. The number of carboxylic acid groups (broad SMARTS) is 1. The number of hydrogen-bond donors (Lipinski definition) is 2. The zero-order valence-electron chi connectivity index (χ0n) is 13.1. The number of hydrogen-bond acceptors (Lipinski definition) is 4. The van der Waals surface area contributed by atoms with Gasteiger partial charge in [0.1, 0.15) is 0 Å². The summed E-state index contributed by atoms with van der Waals surface area (Å²) in [5, 5.41) is 8.35. The lowest BCUT2D eigenvalue weighted by atomic mass is 10.1. The second kappa shape index (κ2) is 6.39. The van der Waals surface area contributed by atoms with Crippen LogP contribution in [0, 0.1) is 11.8 Å². The second-order valence-corrected chi connectivity index (χ2v) is 8.97. The fourth-order valence-electron chi connectivity index (χ4n) is 3.74. The highest BCUT2D eigenvalue weighted by atomic mass is 32.2. The molecule has 2 N–H and O–H groups in total. The zero-order chi connectivity index (χ0) is 16.6. The SMILES string of the molecule is O=C(O)[C@@H]1C[C@@H]1C(=O)N1CCC[C@@H](S(=O)(=O)NC2CCCC2)C1. The summed E-state index contributed by atoms with van der Waals surface area (Å²) in [4.78, 5) is 24.8. The number of amides is 1. The van der Waals surface area contributed by atoms with Crippen molar-refractivity contribution in [2.45, 2.75) is 56.2 Å². The number of nitrogens with one attached hydrogen (secondary N) is 1. The van der Waals surface area contributed by atoms with E-state index in [1.54, 1.807) is 4.90 Å². The molecule has 0 radical (unpaired) electrons. The summed E-state index contributed by atoms with van der Waals surface area (Å²) in [6.45, 7) is 0.709. The van der Waals surface area contributed by atoms with Gasteiger partial charge in [0.05, 0.1) is 17.1 Å². The minimum absolute atomic E-state index is 0.0332. The van der Waals surface area contributed by atoms with Gasteiger partial charge in [-0.15, -0.1) is 0 Å². The van der Waals surface area contributed by atoms with E-state index in [1.165, 1.54) is 0 Å². The zero-order valence-corrected chi connectivity index (χ0v) is 13.9. The highest BCUT2D eigenvalue weighted by Crippen LogP contribution is 2.40. The van der Waals surface area contributed by atoms with Gasteiger partial charge in [0.2, 0.25) is 15.9 Å². The topological polar surface area (TPSA) is 104 Å². The van der Waals surface area contributed by atoms with E-state index >= 15 is 0 Å². The molecule has 130 valence electrons. The smallest absolute Gasteiger partial charge is 0.307 e. The van der Waals surface area contributed by atoms with Gasteiger partial charge in [0.15, 0.2) is 0 Å². The molecule has 1 amide bonds. The monoisotopic (exact) mass is 344 g/mol. The maximum atomic E-state index is 12.5. The third-order valence-electron chi connectivity index (χ3n) is 5.24. The van der Waals surface area contributed by atoms with Gasteiger partial charge in [-0.25, -0.2) is 13.1 Å². The molecule has 3 aliphatic rings. The number of carbonyl (C=O) groups excluding carboxylic acids is 1. The summed E-state index contributed by atoms with van der Waals surface area (Å²) in [7, 11) is -3.43. The van der Waals surface area contributed by atoms with Crippen molar-refractivity contribution >= 4 is 21.9 Å². The Morgan fingerprint density at radius 2 is 1.74 bits per heavy atom. The molecule has 3 fully saturated rings. The van der Waals surface area contributed by atoms with Crippen LogP contribution in [-0.2, 0) is 19.6 Å². The molecule has 3 rings (SSSR count). The van der Waals surface area contributed by atoms with Gasteiger partial charge < -0.3 is 10.0 Å². The maximum Gasteiger partial charge on any atom is 0.307 e. The number of likely N-dealkylation sites (tertiary alicyclic amines) is 1. The van der Waals surface area contributed by atoms with Crippen molar-refractivity contribution in [2.75, 3.05) is 13.1 Å². The Bertz CT molecular complexity index is 585. The van der Waals surface area contributed by atoms with Crippen LogP contribution in [0.3, 0.4) is 0 Å². The Balaban J connectivity index is 1.59. The number of sulfonamides is 1. The van der Waals surface area contributed by atoms with E-state index < -0.39 is 33.1 Å². The molecule has 7 nitrogen and oxygen atoms in total. The molecule has 0 spiro atoms. The number of aliphatic carboxylic acids is 1. The van der Waals surface area contributed by atoms with Crippen molar-refractivity contribution in [3.8, 4) is 0 Å². The van der Waals surface area contributed by atoms with Crippen LogP contribution in [0.5, 0.6) is 0 Å². The maximum absolute atomic E-state index is 12.5. The summed E-state index contributed by atoms with van der Waals surface area (Å²) >= 11 is 0. The van der Waals surface area contributed by atoms with Crippen LogP contribution in [0.25, 0.3) is 0 Å². The molecule has 1 saturated heterocycles. The molecule has 0 unspecified atom stereocenters. The van der Waals surface area contributed by atoms with Crippen molar-refractivity contribution in [1.29, 1.82) is 0 Å². The number of rotatable bonds is 5. The van der Waals surface area contributed by atoms with E-state index in [0.717, 1.165) is 25.7 Å². The summed E-state index contributed by atoms with van der Waals surface area (Å²) < 4.78 is 27.8. The first kappa shape index (κ1) is 16.7. The Hall–Kier alpha value is -1.15. The van der Waals surface area contributed by atoms with E-state index in [9.17, 15) is 18.0 Å². The molecular weight excluding hydrogens is 320 g/mol. The first-order valence-corrected chi connectivity index (χ1v) is 9.96. The summed E-state index contributed by atoms with van der Waals surface area (Å²) in [6, 6.07) is 0.0332. The van der Waals surface area contributed by atoms with Gasteiger partial charge in [-0.2, -0.15) is 0 Å². The second-order valence-electron chi connectivity index (χ2n) is 6.98. The summed E-state index contributed by atoms with van der Waals surface area (Å²) in [5.41, 5.74) is 0. The van der Waals surface area contributed by atoms with Gasteiger partial charge in [-0.1, -0.05) is 12.8 Å². The van der Waals surface area contributed by atoms with Crippen molar-refractivity contribution in [1.82, 2.24) is 9.62 Å². The number of carboxylic acids is 1. The molecule has 0 aromatic heterocycles. The quantitative estimate of drug-likeness (QED) is 0.758. The average molecular weight is 344 g/mol. The Kier molecular flexibility index (Phi) is 4.64. The molecule has 8 heteroatoms. The molecule has 2 saturated carbocycles. The minimum Gasteiger partial charge on any atom is -0.481 e. The van der Waals surface area contributed by atoms with Gasteiger partial charge >= 0.3 is 5.97 Å². The lowest BCUT2D eigenvalue weighted by Gasteiger charge is -2.33. The lowest BCUT2D eigenvalue weighted by molar-refractivity contribution is -0.142. The van der Waals surface area contributed by atoms with Gasteiger partial charge in [-0.3, -0.25) is 9.59 Å². The Morgan fingerprint density at radius 1 is 1.04 bits per heavy atom. The van der Waals surface area contributed by atoms with Gasteiger partial charge in [0, 0.05) is 19.1 Å². The molecule has 0 aromatic carbocycles. The van der Waals surface area contributed by atoms with Crippen molar-refractivity contribution in [3.63, 3.8) is 0 Å². The molecule has 1 aliphatic heterocycles. The van der Waals surface area contributed by atoms with Crippen LogP contribution in [0.15, 0.2) is 0 Å². The largest absolute Gasteiger partial charge is 0.481 e. The Labute approximate surface area is 136 Å². The fraction of sp³-hybridized carbons (Fsp3) is 0.867. The summed E-state index contributed by atoms with van der Waals surface area (Å²) in [5.74, 6) is -2.18. The van der Waals surface area contributed by atoms with Gasteiger partial charge in [0.25, 0.3) is 0 Å². The molecule has 0 aromatic rings. The standard InChI is InChI=1S/C15H24N2O5S/c18-14(12-8-13(12)15(19)20)17-7-3-6-11(9-17)23(21,22)16-10-4-1-2-5-10/h10-13,16H,1-9H2,(H,19,20)/t11-,12+,13-/m1/s1. The van der Waals surface area contributed by atoms with E-state index in [1.807, 2.05) is 0 Å². The summed E-state index contributed by atoms with van der Waals surface area (Å²) in [6.07, 6.45) is 5.46. The number of carbonyl (C=O) groups is 2. The third kappa shape index (κ3) is 3.68. The molecule has 1 heterocycles. The molecular formula is C15H24N2O5S. The van der Waals surface area contributed by atoms with E-state index in [-0.39, 0.29) is 18.5 Å². The number of piperidine rings is 1. The van der Waals surface area contributed by atoms with Crippen molar-refractivity contribution < 1.29 is 23.1 Å². The van der Waals surface area contributed by atoms with E-state index in [2.05, 4.69) is 4.72 Å². The van der Waals surface area contributed by atoms with Gasteiger partial charge in [-0.05, 0) is 32.1 Å². The average Bonchev–Trinajstić information content (AvgIpc) is 3.18. The Morgan fingerprint density at radius 3 is 2.35 bits per heavy atom. The minimum atomic E-state index is -3.43. The van der Waals surface area contributed by atoms with Crippen LogP contribution in [0.1, 0.15) is 44.9 Å². The van der Waals surface area contributed by atoms with E-state index in [0.29, 0.717) is 25.8 Å². The highest BCUT2D eigenvalue weighted by molar-refractivity contribution is 7.90.